The number of carbonyl (C=O) groups is 1. The number of carboxylic acids is 1. The summed E-state index contributed by atoms with van der Waals surface area (Å²) < 4.78 is 0. The highest BCUT2D eigenvalue weighted by Gasteiger charge is 2.36. The number of hydrogen-bond acceptors (Lipinski definition) is 4. The lowest BCUT2D eigenvalue weighted by atomic mass is 10.2. The molecule has 1 aromatic heterocycles. The van der Waals surface area contributed by atoms with E-state index < -0.39 is 12.0 Å². The molecule has 1 saturated carbocycles. The smallest absolute Gasteiger partial charge is 0.326 e. The Morgan fingerprint density at radius 1 is 1.53 bits per heavy atom. The van der Waals surface area contributed by atoms with Gasteiger partial charge in [0.25, 0.3) is 0 Å². The average Bonchev–Trinajstić information content (AvgIpc) is 3.00. The Morgan fingerprint density at radius 2 is 2.27 bits per heavy atom. The van der Waals surface area contributed by atoms with Crippen LogP contribution in [0.2, 0.25) is 0 Å². The predicted molar refractivity (Wildman–Crippen MR) is 54.5 cm³/mol. The number of anilines is 1. The second kappa shape index (κ2) is 3.84. The van der Waals surface area contributed by atoms with E-state index >= 15 is 0 Å². The van der Waals surface area contributed by atoms with Crippen molar-refractivity contribution >= 4 is 11.8 Å². The van der Waals surface area contributed by atoms with E-state index in [1.807, 2.05) is 6.92 Å². The quantitative estimate of drug-likeness (QED) is 0.772. The fourth-order valence-electron chi connectivity index (χ4n) is 1.45. The number of carboxylic acid groups (broad SMARTS) is 1. The Morgan fingerprint density at radius 3 is 2.73 bits per heavy atom. The number of nitrogens with one attached hydrogen (secondary N) is 1. The molecule has 2 rings (SSSR count). The van der Waals surface area contributed by atoms with E-state index in [1.54, 1.807) is 12.1 Å². The Bertz CT molecular complexity index is 359. The maximum Gasteiger partial charge on any atom is 0.326 e. The van der Waals surface area contributed by atoms with E-state index in [-0.39, 0.29) is 5.92 Å². The summed E-state index contributed by atoms with van der Waals surface area (Å²) in [7, 11) is 0. The number of aliphatic carboxylic acids is 1. The molecule has 0 spiro atoms. The van der Waals surface area contributed by atoms with Crippen LogP contribution in [0, 0.1) is 12.8 Å². The molecule has 0 bridgehead atoms. The van der Waals surface area contributed by atoms with Gasteiger partial charge in [-0.2, -0.15) is 5.10 Å². The molecule has 1 heterocycles. The molecule has 1 fully saturated rings. The summed E-state index contributed by atoms with van der Waals surface area (Å²) in [5.41, 5.74) is 0.818. The molecule has 80 valence electrons. The summed E-state index contributed by atoms with van der Waals surface area (Å²) in [6, 6.07) is 3.03. The summed E-state index contributed by atoms with van der Waals surface area (Å²) in [6.45, 7) is 1.84. The fourth-order valence-corrected chi connectivity index (χ4v) is 1.45. The molecule has 0 amide bonds. The second-order valence-electron chi connectivity index (χ2n) is 3.86. The zero-order valence-electron chi connectivity index (χ0n) is 8.47. The van der Waals surface area contributed by atoms with Crippen molar-refractivity contribution in [1.29, 1.82) is 0 Å². The third-order valence-electron chi connectivity index (χ3n) is 2.46. The molecule has 0 saturated heterocycles. The number of rotatable bonds is 4. The Hall–Kier alpha value is -1.65. The van der Waals surface area contributed by atoms with Crippen LogP contribution in [-0.2, 0) is 4.79 Å². The maximum absolute atomic E-state index is 10.9. The van der Waals surface area contributed by atoms with E-state index in [1.165, 1.54) is 0 Å². The first-order chi connectivity index (χ1) is 7.16. The maximum atomic E-state index is 10.9. The van der Waals surface area contributed by atoms with Gasteiger partial charge in [0.1, 0.15) is 11.9 Å². The van der Waals surface area contributed by atoms with Crippen molar-refractivity contribution in [2.75, 3.05) is 5.32 Å². The minimum Gasteiger partial charge on any atom is -0.480 e. The van der Waals surface area contributed by atoms with Crippen molar-refractivity contribution in [3.05, 3.63) is 17.8 Å². The topological polar surface area (TPSA) is 75.1 Å². The molecule has 2 N–H and O–H groups in total. The highest BCUT2D eigenvalue weighted by molar-refractivity contribution is 5.77. The van der Waals surface area contributed by atoms with Crippen molar-refractivity contribution in [3.8, 4) is 0 Å². The third-order valence-corrected chi connectivity index (χ3v) is 2.46. The predicted octanol–water partition coefficient (Wildman–Crippen LogP) is 1.06. The molecule has 0 aromatic carbocycles. The van der Waals surface area contributed by atoms with Gasteiger partial charge in [0.05, 0.1) is 5.69 Å². The van der Waals surface area contributed by atoms with E-state index in [0.29, 0.717) is 5.82 Å². The molecule has 1 unspecified atom stereocenters. The number of aromatic nitrogens is 2. The molecule has 5 heteroatoms. The van der Waals surface area contributed by atoms with E-state index in [2.05, 4.69) is 15.5 Å². The second-order valence-corrected chi connectivity index (χ2v) is 3.86. The van der Waals surface area contributed by atoms with Gasteiger partial charge < -0.3 is 10.4 Å². The van der Waals surface area contributed by atoms with Crippen LogP contribution in [0.15, 0.2) is 12.1 Å². The van der Waals surface area contributed by atoms with Crippen molar-refractivity contribution in [2.24, 2.45) is 5.92 Å². The minimum absolute atomic E-state index is 0.241. The molecule has 1 atom stereocenters. The minimum atomic E-state index is -0.820. The van der Waals surface area contributed by atoms with Crippen LogP contribution < -0.4 is 5.32 Å². The van der Waals surface area contributed by atoms with E-state index in [9.17, 15) is 4.79 Å². The van der Waals surface area contributed by atoms with Crippen LogP contribution >= 0.6 is 0 Å². The van der Waals surface area contributed by atoms with Crippen LogP contribution in [0.5, 0.6) is 0 Å². The SMILES string of the molecule is Cc1ccc(NC(C(=O)O)C2CC2)nn1. The highest BCUT2D eigenvalue weighted by Crippen LogP contribution is 2.34. The van der Waals surface area contributed by atoms with Gasteiger partial charge in [-0.05, 0) is 37.8 Å². The van der Waals surface area contributed by atoms with Crippen LogP contribution in [0.25, 0.3) is 0 Å². The van der Waals surface area contributed by atoms with Gasteiger partial charge in [-0.1, -0.05) is 0 Å². The van der Waals surface area contributed by atoms with Gasteiger partial charge in [-0.3, -0.25) is 0 Å². The monoisotopic (exact) mass is 207 g/mol. The molecule has 1 aliphatic rings. The molecule has 0 radical (unpaired) electrons. The molecule has 1 aromatic rings. The molecule has 0 aliphatic heterocycles. The van der Waals surface area contributed by atoms with Gasteiger partial charge in [0, 0.05) is 0 Å². The Kier molecular flexibility index (Phi) is 2.53. The standard InChI is InChI=1S/C10H13N3O2/c1-6-2-5-8(13-12-6)11-9(10(14)15)7-3-4-7/h2,5,7,9H,3-4H2,1H3,(H,11,13)(H,14,15). The number of hydrogen-bond donors (Lipinski definition) is 2. The van der Waals surface area contributed by atoms with Crippen molar-refractivity contribution in [1.82, 2.24) is 10.2 Å². The van der Waals surface area contributed by atoms with Gasteiger partial charge >= 0.3 is 5.97 Å². The number of nitrogens with zero attached hydrogens (tertiary/aromatic N) is 2. The largest absolute Gasteiger partial charge is 0.480 e. The zero-order chi connectivity index (χ0) is 10.8. The van der Waals surface area contributed by atoms with Crippen LogP contribution in [0.3, 0.4) is 0 Å². The lowest BCUT2D eigenvalue weighted by molar-refractivity contribution is -0.138. The summed E-state index contributed by atoms with van der Waals surface area (Å²) in [5.74, 6) is -0.0506. The van der Waals surface area contributed by atoms with Crippen LogP contribution in [0.4, 0.5) is 5.82 Å². The van der Waals surface area contributed by atoms with Crippen molar-refractivity contribution < 1.29 is 9.90 Å². The number of aryl methyl sites for hydroxylation is 1. The Balaban J connectivity index is 2.05. The van der Waals surface area contributed by atoms with Crippen molar-refractivity contribution in [3.63, 3.8) is 0 Å². The van der Waals surface area contributed by atoms with E-state index in [0.717, 1.165) is 18.5 Å². The third kappa shape index (κ3) is 2.43. The van der Waals surface area contributed by atoms with Crippen LogP contribution in [-0.4, -0.2) is 27.3 Å². The van der Waals surface area contributed by atoms with Gasteiger partial charge in [0.15, 0.2) is 0 Å². The first kappa shape index (κ1) is 9.89. The summed E-state index contributed by atoms with van der Waals surface area (Å²) >= 11 is 0. The first-order valence-electron chi connectivity index (χ1n) is 4.96. The van der Waals surface area contributed by atoms with Gasteiger partial charge in [0.2, 0.25) is 0 Å². The van der Waals surface area contributed by atoms with E-state index in [4.69, 9.17) is 5.11 Å². The summed E-state index contributed by atoms with van der Waals surface area (Å²) in [4.78, 5) is 10.9. The zero-order valence-corrected chi connectivity index (χ0v) is 8.47. The molecule has 15 heavy (non-hydrogen) atoms. The van der Waals surface area contributed by atoms with Crippen molar-refractivity contribution in [2.45, 2.75) is 25.8 Å². The lowest BCUT2D eigenvalue weighted by Gasteiger charge is -2.13. The summed E-state index contributed by atoms with van der Waals surface area (Å²) in [5, 5.41) is 19.6. The van der Waals surface area contributed by atoms with Gasteiger partial charge in [-0.25, -0.2) is 4.79 Å². The molecule has 1 aliphatic carbocycles. The molecular weight excluding hydrogens is 194 g/mol. The fraction of sp³-hybridized carbons (Fsp3) is 0.500. The van der Waals surface area contributed by atoms with Gasteiger partial charge in [-0.15, -0.1) is 5.10 Å². The Labute approximate surface area is 87.5 Å². The first-order valence-corrected chi connectivity index (χ1v) is 4.96. The normalized spacial score (nSPS) is 17.1. The summed E-state index contributed by atoms with van der Waals surface area (Å²) in [6.07, 6.45) is 1.95. The average molecular weight is 207 g/mol. The molecule has 5 nitrogen and oxygen atoms in total. The lowest BCUT2D eigenvalue weighted by Crippen LogP contribution is -2.31. The highest BCUT2D eigenvalue weighted by atomic mass is 16.4. The molecular formula is C10H13N3O2. The van der Waals surface area contributed by atoms with Crippen LogP contribution in [0.1, 0.15) is 18.5 Å².